The molecule has 3 rings (SSSR count). The number of H-pyrrole nitrogens is 1. The minimum absolute atomic E-state index is 0.199. The van der Waals surface area contributed by atoms with Crippen molar-refractivity contribution in [1.82, 2.24) is 25.4 Å². The van der Waals surface area contributed by atoms with E-state index in [1.54, 1.807) is 26.1 Å². The Bertz CT molecular complexity index is 954. The minimum Gasteiger partial charge on any atom is -0.359 e. The van der Waals surface area contributed by atoms with Crippen molar-refractivity contribution in [3.05, 3.63) is 58.3 Å². The van der Waals surface area contributed by atoms with Crippen LogP contribution in [0.5, 0.6) is 0 Å². The van der Waals surface area contributed by atoms with E-state index < -0.39 is 5.25 Å². The van der Waals surface area contributed by atoms with Crippen LogP contribution < -0.4 is 10.9 Å². The van der Waals surface area contributed by atoms with E-state index >= 15 is 0 Å². The zero-order chi connectivity index (χ0) is 18.5. The van der Waals surface area contributed by atoms with Crippen molar-refractivity contribution in [3.8, 4) is 11.4 Å². The highest BCUT2D eigenvalue weighted by Gasteiger charge is 2.17. The van der Waals surface area contributed by atoms with E-state index in [1.807, 2.05) is 18.2 Å². The number of pyridine rings is 1. The fourth-order valence-corrected chi connectivity index (χ4v) is 3.06. The average molecular weight is 371 g/mol. The van der Waals surface area contributed by atoms with Gasteiger partial charge >= 0.3 is 0 Å². The van der Waals surface area contributed by atoms with Crippen LogP contribution in [0, 0.1) is 6.92 Å². The fraction of sp³-hybridized carbons (Fsp3) is 0.235. The maximum atomic E-state index is 12.2. The SMILES string of the molecule is Cc1cc(=O)[nH]c(S[C@@H](C)C(=O)NCc2cc(-c3ccccn3)no2)n1. The Morgan fingerprint density at radius 2 is 2.19 bits per heavy atom. The Hall–Kier alpha value is -2.94. The molecule has 0 aromatic carbocycles. The molecule has 2 N–H and O–H groups in total. The van der Waals surface area contributed by atoms with Gasteiger partial charge in [0, 0.05) is 24.0 Å². The lowest BCUT2D eigenvalue weighted by Crippen LogP contribution is -2.30. The summed E-state index contributed by atoms with van der Waals surface area (Å²) in [6, 6.07) is 8.65. The molecule has 134 valence electrons. The molecule has 0 unspecified atom stereocenters. The Kier molecular flexibility index (Phi) is 5.47. The second-order valence-corrected chi connectivity index (χ2v) is 6.89. The predicted octanol–water partition coefficient (Wildman–Crippen LogP) is 1.93. The van der Waals surface area contributed by atoms with E-state index in [-0.39, 0.29) is 18.0 Å². The molecule has 8 nitrogen and oxygen atoms in total. The Labute approximate surface area is 153 Å². The molecule has 0 aliphatic rings. The zero-order valence-corrected chi connectivity index (χ0v) is 15.0. The summed E-state index contributed by atoms with van der Waals surface area (Å²) in [6.45, 7) is 3.68. The third kappa shape index (κ3) is 4.57. The molecule has 3 heterocycles. The summed E-state index contributed by atoms with van der Waals surface area (Å²) in [5.41, 5.74) is 1.68. The molecule has 3 aromatic rings. The average Bonchev–Trinajstić information content (AvgIpc) is 3.08. The van der Waals surface area contributed by atoms with Crippen LogP contribution in [0.2, 0.25) is 0 Å². The number of amides is 1. The summed E-state index contributed by atoms with van der Waals surface area (Å²) in [6.07, 6.45) is 1.67. The number of hydrogen-bond acceptors (Lipinski definition) is 7. The first-order valence-electron chi connectivity index (χ1n) is 7.90. The smallest absolute Gasteiger partial charge is 0.251 e. The summed E-state index contributed by atoms with van der Waals surface area (Å²) < 4.78 is 5.23. The molecule has 0 aliphatic carbocycles. The van der Waals surface area contributed by atoms with Gasteiger partial charge in [-0.2, -0.15) is 0 Å². The molecule has 26 heavy (non-hydrogen) atoms. The van der Waals surface area contributed by atoms with Crippen LogP contribution in [-0.4, -0.2) is 31.3 Å². The first kappa shape index (κ1) is 17.9. The highest BCUT2D eigenvalue weighted by atomic mass is 32.2. The van der Waals surface area contributed by atoms with Gasteiger partial charge in [0.15, 0.2) is 10.9 Å². The Morgan fingerprint density at radius 3 is 2.92 bits per heavy atom. The molecule has 0 fully saturated rings. The van der Waals surface area contributed by atoms with Crippen LogP contribution in [0.3, 0.4) is 0 Å². The Morgan fingerprint density at radius 1 is 1.35 bits per heavy atom. The van der Waals surface area contributed by atoms with E-state index in [9.17, 15) is 9.59 Å². The molecular weight excluding hydrogens is 354 g/mol. The summed E-state index contributed by atoms with van der Waals surface area (Å²) in [5.74, 6) is 0.327. The third-order valence-corrected chi connectivity index (χ3v) is 4.41. The molecule has 9 heteroatoms. The van der Waals surface area contributed by atoms with Gasteiger partial charge in [0.1, 0.15) is 5.69 Å². The van der Waals surface area contributed by atoms with Gasteiger partial charge in [0.25, 0.3) is 5.56 Å². The molecule has 1 atom stereocenters. The second kappa shape index (κ2) is 7.96. The van der Waals surface area contributed by atoms with Crippen LogP contribution in [0.25, 0.3) is 11.4 Å². The molecule has 0 aliphatic heterocycles. The minimum atomic E-state index is -0.432. The van der Waals surface area contributed by atoms with E-state index in [0.29, 0.717) is 28.0 Å². The number of aromatic amines is 1. The number of aryl methyl sites for hydroxylation is 1. The largest absolute Gasteiger partial charge is 0.359 e. The van der Waals surface area contributed by atoms with Crippen LogP contribution in [0.15, 0.2) is 51.0 Å². The third-order valence-electron chi connectivity index (χ3n) is 3.43. The van der Waals surface area contributed by atoms with Crippen molar-refractivity contribution >= 4 is 17.7 Å². The molecule has 0 saturated heterocycles. The van der Waals surface area contributed by atoms with Gasteiger partial charge in [-0.15, -0.1) is 0 Å². The molecule has 1 amide bonds. The summed E-state index contributed by atoms with van der Waals surface area (Å²) in [4.78, 5) is 34.7. The number of carbonyl (C=O) groups is 1. The lowest BCUT2D eigenvalue weighted by molar-refractivity contribution is -0.120. The van der Waals surface area contributed by atoms with Crippen LogP contribution in [0.1, 0.15) is 18.4 Å². The quantitative estimate of drug-likeness (QED) is 0.503. The van der Waals surface area contributed by atoms with E-state index in [0.717, 1.165) is 0 Å². The molecular formula is C17H17N5O3S. The number of rotatable bonds is 6. The summed E-state index contributed by atoms with van der Waals surface area (Å²) in [5, 5.41) is 6.71. The van der Waals surface area contributed by atoms with E-state index in [4.69, 9.17) is 4.52 Å². The first-order valence-corrected chi connectivity index (χ1v) is 8.78. The summed E-state index contributed by atoms with van der Waals surface area (Å²) >= 11 is 1.18. The van der Waals surface area contributed by atoms with E-state index in [1.165, 1.54) is 17.8 Å². The normalized spacial score (nSPS) is 11.9. The van der Waals surface area contributed by atoms with Gasteiger partial charge in [-0.3, -0.25) is 14.6 Å². The Balaban J connectivity index is 1.56. The van der Waals surface area contributed by atoms with Crippen molar-refractivity contribution in [2.75, 3.05) is 0 Å². The zero-order valence-electron chi connectivity index (χ0n) is 14.2. The van der Waals surface area contributed by atoms with Gasteiger partial charge in [0.05, 0.1) is 17.5 Å². The highest BCUT2D eigenvalue weighted by Crippen LogP contribution is 2.19. The van der Waals surface area contributed by atoms with Gasteiger partial charge in [0.2, 0.25) is 5.91 Å². The molecule has 0 bridgehead atoms. The van der Waals surface area contributed by atoms with Crippen LogP contribution in [-0.2, 0) is 11.3 Å². The number of thioether (sulfide) groups is 1. The standard InChI is InChI=1S/C17H17N5O3S/c1-10-7-15(23)21-17(20-10)26-11(2)16(24)19-9-12-8-14(22-25-12)13-5-3-4-6-18-13/h3-8,11H,9H2,1-2H3,(H,19,24)(H,20,21,23)/t11-/m0/s1. The van der Waals surface area contributed by atoms with Crippen molar-refractivity contribution in [1.29, 1.82) is 0 Å². The number of carbonyl (C=O) groups excluding carboxylic acids is 1. The first-order chi connectivity index (χ1) is 12.5. The lowest BCUT2D eigenvalue weighted by Gasteiger charge is -2.10. The molecule has 0 radical (unpaired) electrons. The molecule has 3 aromatic heterocycles. The van der Waals surface area contributed by atoms with Crippen molar-refractivity contribution in [3.63, 3.8) is 0 Å². The van der Waals surface area contributed by atoms with Gasteiger partial charge < -0.3 is 14.8 Å². The van der Waals surface area contributed by atoms with Crippen molar-refractivity contribution < 1.29 is 9.32 Å². The monoisotopic (exact) mass is 371 g/mol. The van der Waals surface area contributed by atoms with Gasteiger partial charge in [-0.05, 0) is 26.0 Å². The topological polar surface area (TPSA) is 114 Å². The maximum Gasteiger partial charge on any atom is 0.251 e. The fourth-order valence-electron chi connectivity index (χ4n) is 2.18. The second-order valence-electron chi connectivity index (χ2n) is 5.56. The van der Waals surface area contributed by atoms with Crippen LogP contribution in [0.4, 0.5) is 0 Å². The lowest BCUT2D eigenvalue weighted by atomic mass is 10.2. The van der Waals surface area contributed by atoms with E-state index in [2.05, 4.69) is 25.4 Å². The number of nitrogens with one attached hydrogen (secondary N) is 2. The summed E-state index contributed by atoms with van der Waals surface area (Å²) in [7, 11) is 0. The number of aromatic nitrogens is 4. The van der Waals surface area contributed by atoms with Crippen molar-refractivity contribution in [2.24, 2.45) is 0 Å². The maximum absolute atomic E-state index is 12.2. The van der Waals surface area contributed by atoms with Gasteiger partial charge in [-0.25, -0.2) is 4.98 Å². The highest BCUT2D eigenvalue weighted by molar-refractivity contribution is 8.00. The van der Waals surface area contributed by atoms with Gasteiger partial charge in [-0.1, -0.05) is 23.0 Å². The van der Waals surface area contributed by atoms with Crippen LogP contribution >= 0.6 is 11.8 Å². The number of hydrogen-bond donors (Lipinski definition) is 2. The molecule has 0 saturated carbocycles. The predicted molar refractivity (Wildman–Crippen MR) is 96.5 cm³/mol. The van der Waals surface area contributed by atoms with Crippen molar-refractivity contribution in [2.45, 2.75) is 30.8 Å². The molecule has 0 spiro atoms. The number of nitrogens with zero attached hydrogens (tertiary/aromatic N) is 3.